The zero-order valence-electron chi connectivity index (χ0n) is 11.6. The number of aromatic nitrogens is 1. The smallest absolute Gasteiger partial charge is 0.142 e. The van der Waals surface area contributed by atoms with Gasteiger partial charge in [-0.25, -0.2) is 4.98 Å². The summed E-state index contributed by atoms with van der Waals surface area (Å²) in [7, 11) is 0. The van der Waals surface area contributed by atoms with E-state index < -0.39 is 0 Å². The number of ketones is 1. The van der Waals surface area contributed by atoms with Gasteiger partial charge in [0.25, 0.3) is 0 Å². The van der Waals surface area contributed by atoms with E-state index in [4.69, 9.17) is 0 Å². The summed E-state index contributed by atoms with van der Waals surface area (Å²) < 4.78 is 0. The summed E-state index contributed by atoms with van der Waals surface area (Å²) in [6.45, 7) is 6.94. The maximum Gasteiger partial charge on any atom is 0.142 e. The van der Waals surface area contributed by atoms with E-state index in [9.17, 15) is 4.79 Å². The van der Waals surface area contributed by atoms with Crippen LogP contribution in [0.5, 0.6) is 0 Å². The number of rotatable bonds is 3. The van der Waals surface area contributed by atoms with Crippen molar-refractivity contribution in [2.45, 2.75) is 52.9 Å². The lowest BCUT2D eigenvalue weighted by atomic mass is 9.69. The Morgan fingerprint density at radius 3 is 2.50 bits per heavy atom. The fourth-order valence-electron chi connectivity index (χ4n) is 2.92. The number of hydrogen-bond acceptors (Lipinski definition) is 3. The zero-order valence-corrected chi connectivity index (χ0v) is 12.4. The molecule has 2 rings (SSSR count). The maximum atomic E-state index is 12.2. The molecule has 2 nitrogen and oxygen atoms in total. The van der Waals surface area contributed by atoms with Crippen LogP contribution in [-0.2, 0) is 11.2 Å². The van der Waals surface area contributed by atoms with Gasteiger partial charge in [-0.2, -0.15) is 0 Å². The maximum absolute atomic E-state index is 12.2. The van der Waals surface area contributed by atoms with Crippen LogP contribution in [0.15, 0.2) is 11.6 Å². The molecule has 0 N–H and O–H groups in total. The first-order valence-corrected chi connectivity index (χ1v) is 7.76. The van der Waals surface area contributed by atoms with Crippen molar-refractivity contribution in [2.75, 3.05) is 0 Å². The quantitative estimate of drug-likeness (QED) is 0.823. The van der Waals surface area contributed by atoms with Crippen molar-refractivity contribution in [3.8, 4) is 0 Å². The van der Waals surface area contributed by atoms with Crippen LogP contribution in [0.4, 0.5) is 0 Å². The molecule has 1 aromatic rings. The monoisotopic (exact) mass is 265 g/mol. The van der Waals surface area contributed by atoms with Crippen LogP contribution < -0.4 is 0 Å². The number of carbonyl (C=O) groups is 1. The molecule has 1 aliphatic rings. The molecule has 0 bridgehead atoms. The fourth-order valence-corrected chi connectivity index (χ4v) is 3.54. The lowest BCUT2D eigenvalue weighted by Crippen LogP contribution is -2.29. The Kier molecular flexibility index (Phi) is 4.21. The average molecular weight is 265 g/mol. The van der Waals surface area contributed by atoms with Crippen LogP contribution in [-0.4, -0.2) is 10.8 Å². The summed E-state index contributed by atoms with van der Waals surface area (Å²) >= 11 is 1.59. The molecule has 0 atom stereocenters. The van der Waals surface area contributed by atoms with E-state index in [0.29, 0.717) is 17.6 Å². The molecule has 0 unspecified atom stereocenters. The van der Waals surface area contributed by atoms with Crippen molar-refractivity contribution in [3.05, 3.63) is 16.6 Å². The van der Waals surface area contributed by atoms with Gasteiger partial charge in [-0.3, -0.25) is 4.79 Å². The Bertz CT molecular complexity index is 383. The lowest BCUT2D eigenvalue weighted by molar-refractivity contribution is -0.123. The first-order chi connectivity index (χ1) is 8.47. The van der Waals surface area contributed by atoms with E-state index in [1.54, 1.807) is 17.5 Å². The third-order valence-corrected chi connectivity index (χ3v) is 5.00. The molecule has 1 aromatic heterocycles. The highest BCUT2D eigenvalue weighted by atomic mass is 32.1. The van der Waals surface area contributed by atoms with Crippen LogP contribution in [0.3, 0.4) is 0 Å². The minimum Gasteiger partial charge on any atom is -0.299 e. The molecule has 100 valence electrons. The van der Waals surface area contributed by atoms with Crippen LogP contribution >= 0.6 is 11.3 Å². The highest BCUT2D eigenvalue weighted by Crippen LogP contribution is 2.40. The van der Waals surface area contributed by atoms with Gasteiger partial charge in [0.1, 0.15) is 5.78 Å². The van der Waals surface area contributed by atoms with Gasteiger partial charge in [-0.15, -0.1) is 11.3 Å². The van der Waals surface area contributed by atoms with Gasteiger partial charge in [-0.1, -0.05) is 20.8 Å². The van der Waals surface area contributed by atoms with Gasteiger partial charge >= 0.3 is 0 Å². The molecule has 1 heterocycles. The predicted molar refractivity (Wildman–Crippen MR) is 75.7 cm³/mol. The average Bonchev–Trinajstić information content (AvgIpc) is 2.81. The van der Waals surface area contributed by atoms with E-state index >= 15 is 0 Å². The van der Waals surface area contributed by atoms with Crippen LogP contribution in [0.2, 0.25) is 0 Å². The van der Waals surface area contributed by atoms with Crippen LogP contribution in [0.1, 0.15) is 51.5 Å². The molecule has 1 saturated carbocycles. The molecule has 0 radical (unpaired) electrons. The van der Waals surface area contributed by atoms with E-state index in [0.717, 1.165) is 23.8 Å². The molecule has 0 aliphatic heterocycles. The van der Waals surface area contributed by atoms with Crippen LogP contribution in [0.25, 0.3) is 0 Å². The molecular formula is C15H23NOS. The van der Waals surface area contributed by atoms with Gasteiger partial charge in [0.05, 0.1) is 11.4 Å². The molecular weight excluding hydrogens is 242 g/mol. The Hall–Kier alpha value is -0.700. The standard InChI is InChI=1S/C15H23NOS/c1-15(2,3)12-6-4-11(5-7-12)13(17)10-14-16-8-9-18-14/h8-9,11-12H,4-7,10H2,1-3H3. The normalized spacial score (nSPS) is 25.1. The third-order valence-electron chi connectivity index (χ3n) is 4.22. The second-order valence-electron chi connectivity index (χ2n) is 6.48. The number of hydrogen-bond donors (Lipinski definition) is 0. The van der Waals surface area contributed by atoms with Crippen molar-refractivity contribution >= 4 is 17.1 Å². The molecule has 18 heavy (non-hydrogen) atoms. The van der Waals surface area contributed by atoms with E-state index in [1.807, 2.05) is 5.38 Å². The van der Waals surface area contributed by atoms with Crippen molar-refractivity contribution in [2.24, 2.45) is 17.3 Å². The second-order valence-corrected chi connectivity index (χ2v) is 7.46. The Labute approximate surface area is 114 Å². The highest BCUT2D eigenvalue weighted by Gasteiger charge is 2.32. The summed E-state index contributed by atoms with van der Waals surface area (Å²) in [5.74, 6) is 1.46. The molecule has 3 heteroatoms. The summed E-state index contributed by atoms with van der Waals surface area (Å²) in [6, 6.07) is 0. The number of nitrogens with zero attached hydrogens (tertiary/aromatic N) is 1. The summed E-state index contributed by atoms with van der Waals surface area (Å²) in [5, 5.41) is 2.91. The van der Waals surface area contributed by atoms with Gasteiger partial charge in [-0.05, 0) is 37.0 Å². The van der Waals surface area contributed by atoms with Crippen molar-refractivity contribution in [1.82, 2.24) is 4.98 Å². The highest BCUT2D eigenvalue weighted by molar-refractivity contribution is 7.09. The largest absolute Gasteiger partial charge is 0.299 e. The Balaban J connectivity index is 1.84. The zero-order chi connectivity index (χ0) is 13.2. The van der Waals surface area contributed by atoms with Crippen LogP contribution in [0, 0.1) is 17.3 Å². The number of carbonyl (C=O) groups excluding carboxylic acids is 1. The van der Waals surface area contributed by atoms with Gasteiger partial charge in [0.15, 0.2) is 0 Å². The molecule has 0 amide bonds. The SMILES string of the molecule is CC(C)(C)C1CCC(C(=O)Cc2nccs2)CC1. The van der Waals surface area contributed by atoms with Gasteiger partial charge < -0.3 is 0 Å². The Morgan fingerprint density at radius 1 is 1.33 bits per heavy atom. The lowest BCUT2D eigenvalue weighted by Gasteiger charge is -2.36. The molecule has 0 aromatic carbocycles. The first kappa shape index (κ1) is 13.7. The predicted octanol–water partition coefficient (Wildman–Crippen LogP) is 4.11. The first-order valence-electron chi connectivity index (χ1n) is 6.88. The third kappa shape index (κ3) is 3.41. The van der Waals surface area contributed by atoms with E-state index in [-0.39, 0.29) is 5.92 Å². The van der Waals surface area contributed by atoms with Crippen molar-refractivity contribution < 1.29 is 4.79 Å². The van der Waals surface area contributed by atoms with E-state index in [2.05, 4.69) is 25.8 Å². The molecule has 1 aliphatic carbocycles. The summed E-state index contributed by atoms with van der Waals surface area (Å²) in [6.07, 6.45) is 6.89. The van der Waals surface area contributed by atoms with Gasteiger partial charge in [0, 0.05) is 17.5 Å². The molecule has 0 spiro atoms. The summed E-state index contributed by atoms with van der Waals surface area (Å²) in [5.41, 5.74) is 0.392. The summed E-state index contributed by atoms with van der Waals surface area (Å²) in [4.78, 5) is 16.4. The molecule has 1 fully saturated rings. The van der Waals surface area contributed by atoms with Gasteiger partial charge in [0.2, 0.25) is 0 Å². The minimum atomic E-state index is 0.285. The molecule has 0 saturated heterocycles. The van der Waals surface area contributed by atoms with Crippen molar-refractivity contribution in [1.29, 1.82) is 0 Å². The Morgan fingerprint density at radius 2 is 2.00 bits per heavy atom. The van der Waals surface area contributed by atoms with E-state index in [1.165, 1.54) is 12.8 Å². The fraction of sp³-hybridized carbons (Fsp3) is 0.733. The second kappa shape index (κ2) is 5.52. The number of Topliss-reactive ketones (excluding diaryl/α,β-unsaturated/α-hetero) is 1. The number of thiazole rings is 1. The van der Waals surface area contributed by atoms with Crippen molar-refractivity contribution in [3.63, 3.8) is 0 Å². The topological polar surface area (TPSA) is 30.0 Å². The minimum absolute atomic E-state index is 0.285.